The molecule has 3 aromatic rings. The number of hydrogen-bond acceptors (Lipinski definition) is 5. The molecule has 0 spiro atoms. The summed E-state index contributed by atoms with van der Waals surface area (Å²) in [7, 11) is 0. The van der Waals surface area contributed by atoms with Gasteiger partial charge in [0.15, 0.2) is 0 Å². The molecule has 2 heterocycles. The lowest BCUT2D eigenvalue weighted by atomic mass is 10.0. The number of imidazole rings is 1. The van der Waals surface area contributed by atoms with Gasteiger partial charge in [-0.15, -0.1) is 0 Å². The fourth-order valence-electron chi connectivity index (χ4n) is 2.92. The van der Waals surface area contributed by atoms with E-state index >= 15 is 0 Å². The van der Waals surface area contributed by atoms with E-state index in [9.17, 15) is 18.0 Å². The van der Waals surface area contributed by atoms with Gasteiger partial charge in [-0.1, -0.05) is 23.4 Å². The zero-order valence-electron chi connectivity index (χ0n) is 16.0. The first-order chi connectivity index (χ1) is 14.4. The van der Waals surface area contributed by atoms with E-state index in [1.165, 1.54) is 6.21 Å². The third-order valence-electron chi connectivity index (χ3n) is 4.31. The molecular formula is C21H20F3N3O3. The van der Waals surface area contributed by atoms with Gasteiger partial charge < -0.3 is 9.94 Å². The van der Waals surface area contributed by atoms with E-state index in [1.54, 1.807) is 30.5 Å². The number of rotatable bonds is 9. The molecule has 2 aromatic heterocycles. The Balaban J connectivity index is 1.75. The fourth-order valence-corrected chi connectivity index (χ4v) is 2.92. The summed E-state index contributed by atoms with van der Waals surface area (Å²) in [6.45, 7) is -0.00565. The number of benzene rings is 1. The SMILES string of the molecule is O=C(CCC(F)(F)F)Cc1cccc(-c2cnc3cc(/C=N\OCCO)ccn23)c1. The van der Waals surface area contributed by atoms with E-state index in [-0.39, 0.29) is 19.6 Å². The number of ketones is 1. The van der Waals surface area contributed by atoms with Crippen molar-refractivity contribution in [1.82, 2.24) is 9.38 Å². The number of aromatic nitrogens is 2. The molecule has 30 heavy (non-hydrogen) atoms. The Kier molecular flexibility index (Phi) is 6.83. The molecule has 0 saturated carbocycles. The number of nitrogens with zero attached hydrogens (tertiary/aromatic N) is 3. The number of aliphatic hydroxyl groups is 1. The van der Waals surface area contributed by atoms with E-state index < -0.39 is 24.8 Å². The number of alkyl halides is 3. The van der Waals surface area contributed by atoms with Gasteiger partial charge in [0, 0.05) is 30.2 Å². The summed E-state index contributed by atoms with van der Waals surface area (Å²) in [5, 5.41) is 12.4. The molecule has 0 aliphatic heterocycles. The molecule has 0 aliphatic carbocycles. The Morgan fingerprint density at radius 3 is 2.87 bits per heavy atom. The summed E-state index contributed by atoms with van der Waals surface area (Å²) in [5.41, 5.74) is 3.68. The zero-order chi connectivity index (χ0) is 21.6. The number of fused-ring (bicyclic) bond motifs is 1. The second-order valence-electron chi connectivity index (χ2n) is 6.65. The summed E-state index contributed by atoms with van der Waals surface area (Å²) in [6.07, 6.45) is -0.991. The molecule has 0 atom stereocenters. The number of aliphatic hydroxyl groups excluding tert-OH is 1. The average molecular weight is 419 g/mol. The first-order valence-electron chi connectivity index (χ1n) is 9.27. The molecule has 158 valence electrons. The quantitative estimate of drug-likeness (QED) is 0.325. The van der Waals surface area contributed by atoms with Crippen molar-refractivity contribution in [3.05, 3.63) is 59.9 Å². The topological polar surface area (TPSA) is 76.2 Å². The number of halogens is 3. The molecule has 1 aromatic carbocycles. The van der Waals surface area contributed by atoms with Crippen LogP contribution in [-0.2, 0) is 16.1 Å². The minimum atomic E-state index is -4.33. The Morgan fingerprint density at radius 2 is 2.10 bits per heavy atom. The van der Waals surface area contributed by atoms with E-state index in [0.29, 0.717) is 11.2 Å². The molecule has 3 rings (SSSR count). The highest BCUT2D eigenvalue weighted by Gasteiger charge is 2.27. The first-order valence-corrected chi connectivity index (χ1v) is 9.27. The summed E-state index contributed by atoms with van der Waals surface area (Å²) >= 11 is 0. The second kappa shape index (κ2) is 9.53. The van der Waals surface area contributed by atoms with Gasteiger partial charge in [0.2, 0.25) is 0 Å². The fraction of sp³-hybridized carbons (Fsp3) is 0.286. The first kappa shape index (κ1) is 21.5. The van der Waals surface area contributed by atoms with Crippen molar-refractivity contribution >= 4 is 17.6 Å². The van der Waals surface area contributed by atoms with Crippen LogP contribution in [0.15, 0.2) is 53.9 Å². The molecule has 0 bridgehead atoms. The number of hydrogen-bond donors (Lipinski definition) is 1. The van der Waals surface area contributed by atoms with Gasteiger partial charge in [0.05, 0.1) is 31.1 Å². The predicted molar refractivity (Wildman–Crippen MR) is 105 cm³/mol. The van der Waals surface area contributed by atoms with Crippen molar-refractivity contribution in [3.63, 3.8) is 0 Å². The average Bonchev–Trinajstić information content (AvgIpc) is 3.13. The largest absolute Gasteiger partial charge is 0.393 e. The van der Waals surface area contributed by atoms with Crippen molar-refractivity contribution in [2.45, 2.75) is 25.4 Å². The van der Waals surface area contributed by atoms with Crippen LogP contribution in [0.4, 0.5) is 13.2 Å². The standard InChI is InChI=1S/C21H20F3N3O3/c22-21(23,24)6-4-18(29)11-15-2-1-3-17(10-15)19-14-25-20-12-16(5-7-27(19)20)13-26-30-9-8-28/h1-3,5,7,10,12-14,28H,4,6,8-9,11H2/b26-13-. The Labute approximate surface area is 170 Å². The Bertz CT molecular complexity index is 1040. The van der Waals surface area contributed by atoms with Crippen molar-refractivity contribution in [2.24, 2.45) is 5.16 Å². The molecule has 0 radical (unpaired) electrons. The van der Waals surface area contributed by atoms with Gasteiger partial charge >= 0.3 is 6.18 Å². The zero-order valence-corrected chi connectivity index (χ0v) is 16.0. The highest BCUT2D eigenvalue weighted by molar-refractivity contribution is 5.82. The highest BCUT2D eigenvalue weighted by Crippen LogP contribution is 2.24. The van der Waals surface area contributed by atoms with Crippen molar-refractivity contribution in [3.8, 4) is 11.3 Å². The third-order valence-corrected chi connectivity index (χ3v) is 4.31. The number of oxime groups is 1. The van der Waals surface area contributed by atoms with E-state index in [0.717, 1.165) is 16.8 Å². The van der Waals surface area contributed by atoms with E-state index in [4.69, 9.17) is 9.94 Å². The van der Waals surface area contributed by atoms with Crippen molar-refractivity contribution in [2.75, 3.05) is 13.2 Å². The summed E-state index contributed by atoms with van der Waals surface area (Å²) in [6, 6.07) is 10.7. The minimum Gasteiger partial charge on any atom is -0.393 e. The van der Waals surface area contributed by atoms with Crippen LogP contribution >= 0.6 is 0 Å². The van der Waals surface area contributed by atoms with Crippen LogP contribution in [0.2, 0.25) is 0 Å². The van der Waals surface area contributed by atoms with Gasteiger partial charge in [-0.3, -0.25) is 9.20 Å². The van der Waals surface area contributed by atoms with Crippen LogP contribution < -0.4 is 0 Å². The lowest BCUT2D eigenvalue weighted by Crippen LogP contribution is -2.12. The normalized spacial score (nSPS) is 12.0. The van der Waals surface area contributed by atoms with Gasteiger partial charge in [0.25, 0.3) is 0 Å². The van der Waals surface area contributed by atoms with Crippen molar-refractivity contribution < 1.29 is 27.9 Å². The molecule has 0 aliphatic rings. The van der Waals surface area contributed by atoms with E-state index in [1.807, 2.05) is 22.7 Å². The molecule has 0 amide bonds. The van der Waals surface area contributed by atoms with Crippen LogP contribution in [0.3, 0.4) is 0 Å². The summed E-state index contributed by atoms with van der Waals surface area (Å²) in [4.78, 5) is 21.1. The molecular weight excluding hydrogens is 399 g/mol. The smallest absolute Gasteiger partial charge is 0.389 e. The second-order valence-corrected chi connectivity index (χ2v) is 6.65. The van der Waals surface area contributed by atoms with Gasteiger partial charge in [0.1, 0.15) is 18.0 Å². The Hall–Kier alpha value is -3.20. The highest BCUT2D eigenvalue weighted by atomic mass is 19.4. The molecule has 0 unspecified atom stereocenters. The minimum absolute atomic E-state index is 0.0465. The van der Waals surface area contributed by atoms with Crippen LogP contribution in [0, 0.1) is 0 Å². The van der Waals surface area contributed by atoms with Crippen molar-refractivity contribution in [1.29, 1.82) is 0 Å². The molecule has 0 saturated heterocycles. The predicted octanol–water partition coefficient (Wildman–Crippen LogP) is 3.80. The number of Topliss-reactive ketones (excluding diaryl/α,β-unsaturated/α-hetero) is 1. The van der Waals surface area contributed by atoms with Crippen LogP contribution in [0.5, 0.6) is 0 Å². The summed E-state index contributed by atoms with van der Waals surface area (Å²) in [5.74, 6) is -0.449. The lowest BCUT2D eigenvalue weighted by molar-refractivity contribution is -0.143. The van der Waals surface area contributed by atoms with Crippen LogP contribution in [-0.4, -0.2) is 45.9 Å². The van der Waals surface area contributed by atoms with Crippen LogP contribution in [0.1, 0.15) is 24.0 Å². The molecule has 1 N–H and O–H groups in total. The van der Waals surface area contributed by atoms with E-state index in [2.05, 4.69) is 10.1 Å². The summed E-state index contributed by atoms with van der Waals surface area (Å²) < 4.78 is 38.8. The maximum atomic E-state index is 12.3. The number of carbonyl (C=O) groups is 1. The maximum Gasteiger partial charge on any atom is 0.389 e. The third kappa shape index (κ3) is 5.90. The van der Waals surface area contributed by atoms with Gasteiger partial charge in [-0.25, -0.2) is 4.98 Å². The molecule has 6 nitrogen and oxygen atoms in total. The monoisotopic (exact) mass is 419 g/mol. The lowest BCUT2D eigenvalue weighted by Gasteiger charge is -2.07. The number of carbonyl (C=O) groups excluding carboxylic acids is 1. The van der Waals surface area contributed by atoms with Crippen LogP contribution in [0.25, 0.3) is 16.9 Å². The molecule has 9 heteroatoms. The molecule has 0 fully saturated rings. The van der Waals surface area contributed by atoms with Gasteiger partial charge in [-0.05, 0) is 23.8 Å². The van der Waals surface area contributed by atoms with Gasteiger partial charge in [-0.2, -0.15) is 13.2 Å². The maximum absolute atomic E-state index is 12.3. The number of pyridine rings is 1. The Morgan fingerprint density at radius 1 is 1.27 bits per heavy atom.